The third-order valence-electron chi connectivity index (χ3n) is 5.16. The molecule has 0 radical (unpaired) electrons. The maximum Gasteiger partial charge on any atom is 0.252 e. The number of nitrogens with zero attached hydrogens (tertiary/aromatic N) is 2. The second-order valence-corrected chi connectivity index (χ2v) is 7.34. The van der Waals surface area contributed by atoms with E-state index in [4.69, 9.17) is 4.74 Å². The van der Waals surface area contributed by atoms with Crippen LogP contribution in [0.15, 0.2) is 73.2 Å². The highest BCUT2D eigenvalue weighted by Crippen LogP contribution is 2.32. The molecule has 2 aromatic carbocycles. The van der Waals surface area contributed by atoms with Gasteiger partial charge in [0.15, 0.2) is 0 Å². The lowest BCUT2D eigenvalue weighted by atomic mass is 10.1. The second-order valence-electron chi connectivity index (χ2n) is 7.34. The Labute approximate surface area is 175 Å². The highest BCUT2D eigenvalue weighted by Gasteiger charge is 2.16. The van der Waals surface area contributed by atoms with E-state index in [1.165, 1.54) is 0 Å². The van der Waals surface area contributed by atoms with Crippen molar-refractivity contribution in [3.05, 3.63) is 95.4 Å². The first-order valence-corrected chi connectivity index (χ1v) is 9.86. The summed E-state index contributed by atoms with van der Waals surface area (Å²) in [5.41, 5.74) is 4.40. The summed E-state index contributed by atoms with van der Waals surface area (Å²) in [4.78, 5) is 21.4. The molecule has 0 saturated carbocycles. The summed E-state index contributed by atoms with van der Waals surface area (Å²) in [7, 11) is 0. The Balaban J connectivity index is 1.60. The monoisotopic (exact) mass is 397 g/mol. The minimum atomic E-state index is -0.141. The quantitative estimate of drug-likeness (QED) is 0.481. The Morgan fingerprint density at radius 2 is 1.77 bits per heavy atom. The molecule has 30 heavy (non-hydrogen) atoms. The molecule has 0 aliphatic carbocycles. The molecule has 1 atom stereocenters. The number of ether oxygens (including phenoxy) is 1. The number of benzene rings is 2. The Hall–Kier alpha value is -3.73. The number of carbonyl (C=O) groups excluding carboxylic acids is 1. The SMILES string of the molecule is Cc1ccc2c(Oc3cccc(C(=O)NC(C)c4ccncc4)c3C)ccnc2c1. The molecule has 4 rings (SSSR count). The van der Waals surface area contributed by atoms with Crippen molar-refractivity contribution in [3.63, 3.8) is 0 Å². The standard InChI is InChI=1S/C25H23N3O2/c1-16-7-8-21-22(15-16)27-14-11-24(21)30-23-6-4-5-20(17(23)2)25(29)28-18(3)19-9-12-26-13-10-19/h4-15,18H,1-3H3,(H,28,29). The maximum atomic E-state index is 12.9. The van der Waals surface area contributed by atoms with Gasteiger partial charge in [0.05, 0.1) is 11.6 Å². The van der Waals surface area contributed by atoms with Crippen LogP contribution in [0.5, 0.6) is 11.5 Å². The smallest absolute Gasteiger partial charge is 0.252 e. The van der Waals surface area contributed by atoms with Gasteiger partial charge >= 0.3 is 0 Å². The third-order valence-corrected chi connectivity index (χ3v) is 5.16. The van der Waals surface area contributed by atoms with Crippen LogP contribution in [-0.2, 0) is 0 Å². The van der Waals surface area contributed by atoms with E-state index in [2.05, 4.69) is 15.3 Å². The van der Waals surface area contributed by atoms with Crippen LogP contribution in [0.2, 0.25) is 0 Å². The number of amides is 1. The largest absolute Gasteiger partial charge is 0.456 e. The van der Waals surface area contributed by atoms with Gasteiger partial charge in [0.1, 0.15) is 11.5 Å². The highest BCUT2D eigenvalue weighted by molar-refractivity contribution is 5.96. The summed E-state index contributed by atoms with van der Waals surface area (Å²) in [5.74, 6) is 1.22. The topological polar surface area (TPSA) is 64.1 Å². The van der Waals surface area contributed by atoms with Crippen LogP contribution in [0.4, 0.5) is 0 Å². The molecule has 150 valence electrons. The van der Waals surface area contributed by atoms with Gasteiger partial charge in [-0.2, -0.15) is 0 Å². The van der Waals surface area contributed by atoms with E-state index in [0.29, 0.717) is 17.1 Å². The Kier molecular flexibility index (Phi) is 5.44. The van der Waals surface area contributed by atoms with E-state index in [9.17, 15) is 4.79 Å². The number of rotatable bonds is 5. The van der Waals surface area contributed by atoms with E-state index < -0.39 is 0 Å². The van der Waals surface area contributed by atoms with Crippen molar-refractivity contribution in [2.75, 3.05) is 0 Å². The summed E-state index contributed by atoms with van der Waals surface area (Å²) >= 11 is 0. The normalized spacial score (nSPS) is 11.8. The molecular formula is C25H23N3O2. The number of hydrogen-bond acceptors (Lipinski definition) is 4. The molecule has 1 amide bonds. The molecule has 4 aromatic rings. The van der Waals surface area contributed by atoms with Crippen molar-refractivity contribution in [1.29, 1.82) is 0 Å². The Bertz CT molecular complexity index is 1210. The van der Waals surface area contributed by atoms with Gasteiger partial charge in [0.2, 0.25) is 0 Å². The molecule has 5 heteroatoms. The second kappa shape index (κ2) is 8.33. The Morgan fingerprint density at radius 1 is 0.967 bits per heavy atom. The highest BCUT2D eigenvalue weighted by atomic mass is 16.5. The van der Waals surface area contributed by atoms with Gasteiger partial charge in [-0.3, -0.25) is 14.8 Å². The van der Waals surface area contributed by atoms with Gasteiger partial charge in [-0.1, -0.05) is 12.1 Å². The molecule has 2 aromatic heterocycles. The third kappa shape index (κ3) is 4.01. The molecule has 0 fully saturated rings. The van der Waals surface area contributed by atoms with Crippen LogP contribution in [0.1, 0.15) is 40.0 Å². The first-order valence-electron chi connectivity index (χ1n) is 9.86. The number of nitrogens with one attached hydrogen (secondary N) is 1. The first-order chi connectivity index (χ1) is 14.5. The van der Waals surface area contributed by atoms with Crippen molar-refractivity contribution in [1.82, 2.24) is 15.3 Å². The predicted octanol–water partition coefficient (Wildman–Crippen LogP) is 5.53. The summed E-state index contributed by atoms with van der Waals surface area (Å²) in [6.07, 6.45) is 5.18. The zero-order chi connectivity index (χ0) is 21.1. The fraction of sp³-hybridized carbons (Fsp3) is 0.160. The number of hydrogen-bond donors (Lipinski definition) is 1. The molecule has 1 unspecified atom stereocenters. The molecule has 0 aliphatic rings. The van der Waals surface area contributed by atoms with Gasteiger partial charge in [-0.25, -0.2) is 0 Å². The minimum Gasteiger partial charge on any atom is -0.456 e. The summed E-state index contributed by atoms with van der Waals surface area (Å²) in [6.45, 7) is 5.89. The molecule has 0 saturated heterocycles. The van der Waals surface area contributed by atoms with Crippen LogP contribution in [-0.4, -0.2) is 15.9 Å². The molecule has 0 bridgehead atoms. The zero-order valence-corrected chi connectivity index (χ0v) is 17.2. The lowest BCUT2D eigenvalue weighted by molar-refractivity contribution is 0.0939. The number of aryl methyl sites for hydroxylation is 1. The lowest BCUT2D eigenvalue weighted by Gasteiger charge is -2.17. The van der Waals surface area contributed by atoms with E-state index in [0.717, 1.165) is 27.6 Å². The van der Waals surface area contributed by atoms with Crippen LogP contribution >= 0.6 is 0 Å². The van der Waals surface area contributed by atoms with Crippen molar-refractivity contribution >= 4 is 16.8 Å². The van der Waals surface area contributed by atoms with Crippen molar-refractivity contribution in [2.45, 2.75) is 26.8 Å². The summed E-state index contributed by atoms with van der Waals surface area (Å²) in [5, 5.41) is 3.98. The number of carbonyl (C=O) groups is 1. The van der Waals surface area contributed by atoms with Gasteiger partial charge in [0, 0.05) is 35.1 Å². The van der Waals surface area contributed by atoms with E-state index in [-0.39, 0.29) is 11.9 Å². The van der Waals surface area contributed by atoms with E-state index in [1.54, 1.807) is 18.6 Å². The van der Waals surface area contributed by atoms with E-state index >= 15 is 0 Å². The summed E-state index contributed by atoms with van der Waals surface area (Å²) in [6, 6.07) is 17.1. The fourth-order valence-corrected chi connectivity index (χ4v) is 3.42. The minimum absolute atomic E-state index is 0.128. The van der Waals surface area contributed by atoms with E-state index in [1.807, 2.05) is 75.4 Å². The number of aromatic nitrogens is 2. The molecular weight excluding hydrogens is 374 g/mol. The maximum absolute atomic E-state index is 12.9. The molecule has 0 spiro atoms. The summed E-state index contributed by atoms with van der Waals surface area (Å²) < 4.78 is 6.21. The lowest BCUT2D eigenvalue weighted by Crippen LogP contribution is -2.27. The van der Waals surface area contributed by atoms with Gasteiger partial charge in [0.25, 0.3) is 5.91 Å². The predicted molar refractivity (Wildman–Crippen MR) is 118 cm³/mol. The van der Waals surface area contributed by atoms with Crippen LogP contribution in [0.3, 0.4) is 0 Å². The Morgan fingerprint density at radius 3 is 2.57 bits per heavy atom. The number of pyridine rings is 2. The average Bonchev–Trinajstić information content (AvgIpc) is 2.75. The molecule has 2 heterocycles. The fourth-order valence-electron chi connectivity index (χ4n) is 3.42. The first kappa shape index (κ1) is 19.6. The van der Waals surface area contributed by atoms with Gasteiger partial charge in [-0.05, 0) is 74.4 Å². The molecule has 0 aliphatic heterocycles. The van der Waals surface area contributed by atoms with Crippen LogP contribution in [0.25, 0.3) is 10.9 Å². The van der Waals surface area contributed by atoms with Crippen molar-refractivity contribution in [3.8, 4) is 11.5 Å². The van der Waals surface area contributed by atoms with Crippen molar-refractivity contribution < 1.29 is 9.53 Å². The van der Waals surface area contributed by atoms with Gasteiger partial charge < -0.3 is 10.1 Å². The van der Waals surface area contributed by atoms with Gasteiger partial charge in [-0.15, -0.1) is 0 Å². The zero-order valence-electron chi connectivity index (χ0n) is 17.2. The molecule has 1 N–H and O–H groups in total. The average molecular weight is 397 g/mol. The number of fused-ring (bicyclic) bond motifs is 1. The molecule has 5 nitrogen and oxygen atoms in total. The van der Waals surface area contributed by atoms with Crippen LogP contribution in [0, 0.1) is 13.8 Å². The van der Waals surface area contributed by atoms with Crippen LogP contribution < -0.4 is 10.1 Å². The van der Waals surface area contributed by atoms with Crippen molar-refractivity contribution in [2.24, 2.45) is 0 Å².